The molecule has 0 spiro atoms. The molecule has 1 heterocycles. The van der Waals surface area contributed by atoms with E-state index in [9.17, 15) is 4.79 Å². The van der Waals surface area contributed by atoms with Gasteiger partial charge in [-0.15, -0.1) is 0 Å². The van der Waals surface area contributed by atoms with E-state index >= 15 is 0 Å². The SMILES string of the molecule is Cc1cc(C)c(C(=O)OCC[Si](C)(C)C)c(/C=C/C[C@@H]2OC(C)(C)O[C@@H]2COCc2ccccc2)c1. The van der Waals surface area contributed by atoms with E-state index in [1.54, 1.807) is 0 Å². The van der Waals surface area contributed by atoms with Gasteiger partial charge in [0.15, 0.2) is 5.79 Å². The number of carbonyl (C=O) groups is 1. The Morgan fingerprint density at radius 1 is 1.06 bits per heavy atom. The lowest BCUT2D eigenvalue weighted by molar-refractivity contribution is -0.151. The second-order valence-electron chi connectivity index (χ2n) is 11.3. The normalized spacial score (nSPS) is 19.6. The third-order valence-corrected chi connectivity index (χ3v) is 7.85. The van der Waals surface area contributed by atoms with Gasteiger partial charge in [-0.1, -0.05) is 79.8 Å². The summed E-state index contributed by atoms with van der Waals surface area (Å²) in [5.41, 5.74) is 4.69. The topological polar surface area (TPSA) is 54.0 Å². The Labute approximate surface area is 217 Å². The van der Waals surface area contributed by atoms with Gasteiger partial charge < -0.3 is 18.9 Å². The van der Waals surface area contributed by atoms with Crippen LogP contribution in [0, 0.1) is 13.8 Å². The molecule has 0 N–H and O–H groups in total. The molecule has 2 atom stereocenters. The molecule has 0 aliphatic carbocycles. The van der Waals surface area contributed by atoms with E-state index in [1.165, 1.54) is 0 Å². The summed E-state index contributed by atoms with van der Waals surface area (Å²) in [4.78, 5) is 13.0. The fourth-order valence-corrected chi connectivity index (χ4v) is 5.09. The van der Waals surface area contributed by atoms with Crippen LogP contribution in [0.2, 0.25) is 25.7 Å². The molecule has 1 fully saturated rings. The van der Waals surface area contributed by atoms with Crippen LogP contribution in [-0.2, 0) is 25.6 Å². The summed E-state index contributed by atoms with van der Waals surface area (Å²) in [6, 6.07) is 15.1. The Balaban J connectivity index is 1.65. The number of ether oxygens (including phenoxy) is 4. The predicted octanol–water partition coefficient (Wildman–Crippen LogP) is 6.94. The summed E-state index contributed by atoms with van der Waals surface area (Å²) in [5, 5.41) is 0. The predicted molar refractivity (Wildman–Crippen MR) is 148 cm³/mol. The molecular weight excluding hydrogens is 468 g/mol. The molecule has 3 rings (SSSR count). The van der Waals surface area contributed by atoms with Gasteiger partial charge in [0.2, 0.25) is 0 Å². The van der Waals surface area contributed by atoms with Crippen LogP contribution in [0.25, 0.3) is 6.08 Å². The zero-order valence-electron chi connectivity index (χ0n) is 22.9. The van der Waals surface area contributed by atoms with Crippen molar-refractivity contribution in [1.82, 2.24) is 0 Å². The highest BCUT2D eigenvalue weighted by Crippen LogP contribution is 2.31. The molecule has 5 nitrogen and oxygen atoms in total. The molecule has 0 amide bonds. The molecule has 0 unspecified atom stereocenters. The van der Waals surface area contributed by atoms with Crippen molar-refractivity contribution in [3.05, 3.63) is 76.4 Å². The molecule has 0 saturated carbocycles. The van der Waals surface area contributed by atoms with Crippen LogP contribution in [0.5, 0.6) is 0 Å². The van der Waals surface area contributed by atoms with Gasteiger partial charge in [-0.05, 0) is 56.9 Å². The lowest BCUT2D eigenvalue weighted by Crippen LogP contribution is -2.27. The summed E-state index contributed by atoms with van der Waals surface area (Å²) in [6.45, 7) is 16.2. The third kappa shape index (κ3) is 8.70. The van der Waals surface area contributed by atoms with Gasteiger partial charge in [-0.25, -0.2) is 4.79 Å². The van der Waals surface area contributed by atoms with Crippen LogP contribution in [0.1, 0.15) is 52.9 Å². The summed E-state index contributed by atoms with van der Waals surface area (Å²) < 4.78 is 23.9. The molecule has 0 aromatic heterocycles. The molecule has 1 aliphatic heterocycles. The summed E-state index contributed by atoms with van der Waals surface area (Å²) in [7, 11) is -1.27. The first kappa shape index (κ1) is 28.3. The third-order valence-electron chi connectivity index (χ3n) is 6.14. The van der Waals surface area contributed by atoms with E-state index in [2.05, 4.69) is 25.7 Å². The molecule has 0 bridgehead atoms. The zero-order chi connectivity index (χ0) is 26.3. The van der Waals surface area contributed by atoms with Crippen LogP contribution in [-0.4, -0.2) is 45.3 Å². The van der Waals surface area contributed by atoms with E-state index in [1.807, 2.05) is 76.2 Å². The minimum atomic E-state index is -1.27. The van der Waals surface area contributed by atoms with Crippen molar-refractivity contribution < 1.29 is 23.7 Å². The Hall–Kier alpha value is -2.25. The fourth-order valence-electron chi connectivity index (χ4n) is 4.38. The molecule has 196 valence electrons. The lowest BCUT2D eigenvalue weighted by Gasteiger charge is -2.17. The lowest BCUT2D eigenvalue weighted by atomic mass is 9.98. The molecule has 1 aliphatic rings. The Kier molecular flexibility index (Phi) is 9.70. The maximum atomic E-state index is 13.0. The molecular formula is C30H42O5Si. The average Bonchev–Trinajstić information content (AvgIpc) is 3.06. The first-order valence-electron chi connectivity index (χ1n) is 12.9. The molecule has 0 radical (unpaired) electrons. The second-order valence-corrected chi connectivity index (χ2v) is 17.0. The Bertz CT molecular complexity index is 1040. The van der Waals surface area contributed by atoms with Crippen molar-refractivity contribution in [2.45, 2.75) is 84.4 Å². The second kappa shape index (κ2) is 12.3. The average molecular weight is 511 g/mol. The van der Waals surface area contributed by atoms with Crippen molar-refractivity contribution in [2.75, 3.05) is 13.2 Å². The molecule has 6 heteroatoms. The van der Waals surface area contributed by atoms with Gasteiger partial charge in [0.25, 0.3) is 0 Å². The van der Waals surface area contributed by atoms with Gasteiger partial charge >= 0.3 is 5.97 Å². The first-order valence-corrected chi connectivity index (χ1v) is 16.6. The number of benzene rings is 2. The van der Waals surface area contributed by atoms with Crippen molar-refractivity contribution in [3.8, 4) is 0 Å². The highest BCUT2D eigenvalue weighted by Gasteiger charge is 2.40. The summed E-state index contributed by atoms with van der Waals surface area (Å²) in [5.74, 6) is -0.913. The highest BCUT2D eigenvalue weighted by atomic mass is 28.3. The fraction of sp³-hybridized carbons (Fsp3) is 0.500. The quantitative estimate of drug-likeness (QED) is 0.242. The van der Waals surface area contributed by atoms with Crippen molar-refractivity contribution in [3.63, 3.8) is 0 Å². The Morgan fingerprint density at radius 2 is 1.75 bits per heavy atom. The van der Waals surface area contributed by atoms with E-state index in [0.717, 1.165) is 28.3 Å². The monoisotopic (exact) mass is 510 g/mol. The smallest absolute Gasteiger partial charge is 0.338 e. The van der Waals surface area contributed by atoms with Gasteiger partial charge in [-0.3, -0.25) is 0 Å². The van der Waals surface area contributed by atoms with Gasteiger partial charge in [0.05, 0.1) is 31.5 Å². The standard InChI is InChI=1S/C30H42O5Si/c1-22-18-23(2)28(29(31)33-16-17-36(5,6)7)25(19-22)14-11-15-26-27(35-30(3,4)34-26)21-32-20-24-12-9-8-10-13-24/h8-14,18-19,26-27H,15-17,20-21H2,1-7H3/b14-11+/t26-,27+/m0/s1. The van der Waals surface area contributed by atoms with Crippen molar-refractivity contribution in [1.29, 1.82) is 0 Å². The maximum absolute atomic E-state index is 13.0. The number of hydrogen-bond acceptors (Lipinski definition) is 5. The van der Waals surface area contributed by atoms with Crippen LogP contribution in [0.4, 0.5) is 0 Å². The van der Waals surface area contributed by atoms with Gasteiger partial charge in [0.1, 0.15) is 6.10 Å². The number of carbonyl (C=O) groups excluding carboxylic acids is 1. The van der Waals surface area contributed by atoms with E-state index in [0.29, 0.717) is 31.8 Å². The summed E-state index contributed by atoms with van der Waals surface area (Å²) >= 11 is 0. The van der Waals surface area contributed by atoms with Crippen LogP contribution in [0.3, 0.4) is 0 Å². The molecule has 2 aromatic rings. The van der Waals surface area contributed by atoms with E-state index < -0.39 is 13.9 Å². The number of esters is 1. The number of aryl methyl sites for hydroxylation is 2. The zero-order valence-corrected chi connectivity index (χ0v) is 23.9. The molecule has 1 saturated heterocycles. The largest absolute Gasteiger partial charge is 0.462 e. The van der Waals surface area contributed by atoms with Gasteiger partial charge in [-0.2, -0.15) is 0 Å². The Morgan fingerprint density at radius 3 is 2.44 bits per heavy atom. The number of rotatable bonds is 11. The van der Waals surface area contributed by atoms with Crippen LogP contribution in [0.15, 0.2) is 48.5 Å². The van der Waals surface area contributed by atoms with Gasteiger partial charge in [0, 0.05) is 8.07 Å². The molecule has 2 aromatic carbocycles. The summed E-state index contributed by atoms with van der Waals surface area (Å²) in [6.07, 6.45) is 4.42. The minimum absolute atomic E-state index is 0.134. The highest BCUT2D eigenvalue weighted by molar-refractivity contribution is 6.76. The van der Waals surface area contributed by atoms with E-state index in [-0.39, 0.29) is 18.2 Å². The van der Waals surface area contributed by atoms with Crippen LogP contribution >= 0.6 is 0 Å². The molecule has 36 heavy (non-hydrogen) atoms. The minimum Gasteiger partial charge on any atom is -0.462 e. The van der Waals surface area contributed by atoms with Crippen LogP contribution < -0.4 is 0 Å². The van der Waals surface area contributed by atoms with E-state index in [4.69, 9.17) is 18.9 Å². The van der Waals surface area contributed by atoms with Crippen molar-refractivity contribution >= 4 is 20.1 Å². The first-order chi connectivity index (χ1) is 16.9. The maximum Gasteiger partial charge on any atom is 0.338 e. The number of hydrogen-bond donors (Lipinski definition) is 0. The van der Waals surface area contributed by atoms with Crippen molar-refractivity contribution in [2.24, 2.45) is 0 Å².